The van der Waals surface area contributed by atoms with Crippen LogP contribution in [0.3, 0.4) is 0 Å². The highest BCUT2D eigenvalue weighted by atomic mass is 16.3. The second-order valence-electron chi connectivity index (χ2n) is 4.88. The highest BCUT2D eigenvalue weighted by Gasteiger charge is 2.48. The van der Waals surface area contributed by atoms with E-state index in [1.54, 1.807) is 0 Å². The summed E-state index contributed by atoms with van der Waals surface area (Å²) in [6.07, 6.45) is 1.54. The monoisotopic (exact) mass is 233 g/mol. The van der Waals surface area contributed by atoms with Gasteiger partial charge in [0.25, 0.3) is 0 Å². The van der Waals surface area contributed by atoms with Crippen LogP contribution in [0.4, 0.5) is 5.69 Å². The molecule has 0 amide bonds. The molecule has 2 fully saturated rings. The van der Waals surface area contributed by atoms with Gasteiger partial charge in [-0.05, 0) is 38.1 Å². The molecule has 92 valence electrons. The molecule has 17 heavy (non-hydrogen) atoms. The number of rotatable bonds is 1. The Labute approximate surface area is 102 Å². The van der Waals surface area contributed by atoms with E-state index in [0.29, 0.717) is 0 Å². The van der Waals surface area contributed by atoms with Gasteiger partial charge in [-0.3, -0.25) is 5.32 Å². The lowest BCUT2D eigenvalue weighted by atomic mass is 9.85. The van der Waals surface area contributed by atoms with E-state index in [0.717, 1.165) is 32.6 Å². The molecule has 1 aromatic carbocycles. The van der Waals surface area contributed by atoms with Gasteiger partial charge in [0.05, 0.1) is 12.2 Å². The molecule has 0 bridgehead atoms. The Kier molecular flexibility index (Phi) is 2.78. The van der Waals surface area contributed by atoms with Gasteiger partial charge in [-0.1, -0.05) is 18.2 Å². The zero-order valence-electron chi connectivity index (χ0n) is 9.89. The summed E-state index contributed by atoms with van der Waals surface area (Å²) >= 11 is 0. The minimum absolute atomic E-state index is 0.132. The molecule has 0 saturated carbocycles. The molecule has 0 aliphatic carbocycles. The van der Waals surface area contributed by atoms with Gasteiger partial charge in [-0.25, -0.2) is 0 Å². The minimum Gasteiger partial charge on any atom is -0.376 e. The predicted octanol–water partition coefficient (Wildman–Crippen LogP) is 0.494. The normalized spacial score (nSPS) is 27.6. The molecule has 4 heteroatoms. The predicted molar refractivity (Wildman–Crippen MR) is 67.8 cm³/mol. The van der Waals surface area contributed by atoms with E-state index >= 15 is 0 Å². The first kappa shape index (κ1) is 11.0. The van der Waals surface area contributed by atoms with E-state index in [9.17, 15) is 5.11 Å². The van der Waals surface area contributed by atoms with Crippen LogP contribution in [-0.4, -0.2) is 36.6 Å². The molecule has 1 spiro atoms. The van der Waals surface area contributed by atoms with Crippen LogP contribution in [0.15, 0.2) is 30.3 Å². The average molecular weight is 233 g/mol. The Morgan fingerprint density at radius 1 is 1.18 bits per heavy atom. The van der Waals surface area contributed by atoms with E-state index in [2.05, 4.69) is 39.8 Å². The number of piperidine rings is 1. The average Bonchev–Trinajstić information content (AvgIpc) is 2.69. The first-order valence-electron chi connectivity index (χ1n) is 6.28. The molecule has 2 saturated heterocycles. The Morgan fingerprint density at radius 3 is 2.59 bits per heavy atom. The molecule has 1 atom stereocenters. The van der Waals surface area contributed by atoms with Gasteiger partial charge in [0.1, 0.15) is 6.23 Å². The number of benzene rings is 1. The van der Waals surface area contributed by atoms with Gasteiger partial charge in [0.15, 0.2) is 0 Å². The third-order valence-electron chi connectivity index (χ3n) is 4.03. The topological polar surface area (TPSA) is 47.5 Å². The van der Waals surface area contributed by atoms with Gasteiger partial charge in [-0.15, -0.1) is 0 Å². The molecule has 1 unspecified atom stereocenters. The highest BCUT2D eigenvalue weighted by Crippen LogP contribution is 2.36. The highest BCUT2D eigenvalue weighted by molar-refractivity contribution is 5.51. The number of nitrogens with one attached hydrogen (secondary N) is 2. The minimum atomic E-state index is -0.426. The molecular weight excluding hydrogens is 214 g/mol. The fourth-order valence-electron chi connectivity index (χ4n) is 3.03. The van der Waals surface area contributed by atoms with Crippen molar-refractivity contribution in [2.45, 2.75) is 24.6 Å². The van der Waals surface area contributed by atoms with E-state index in [-0.39, 0.29) is 5.54 Å². The molecule has 2 heterocycles. The van der Waals surface area contributed by atoms with Crippen molar-refractivity contribution in [2.75, 3.05) is 24.7 Å². The van der Waals surface area contributed by atoms with Crippen LogP contribution in [-0.2, 0) is 0 Å². The van der Waals surface area contributed by atoms with Crippen molar-refractivity contribution < 1.29 is 5.11 Å². The number of para-hydroxylation sites is 1. The van der Waals surface area contributed by atoms with Crippen molar-refractivity contribution in [2.24, 2.45) is 0 Å². The van der Waals surface area contributed by atoms with Crippen LogP contribution in [0, 0.1) is 0 Å². The Balaban J connectivity index is 1.93. The molecule has 3 N–H and O–H groups in total. The first-order valence-corrected chi connectivity index (χ1v) is 6.28. The summed E-state index contributed by atoms with van der Waals surface area (Å²) in [6, 6.07) is 10.4. The van der Waals surface area contributed by atoms with Crippen molar-refractivity contribution in [3.63, 3.8) is 0 Å². The fraction of sp³-hybridized carbons (Fsp3) is 0.538. The Hall–Kier alpha value is -1.10. The van der Waals surface area contributed by atoms with Gasteiger partial charge >= 0.3 is 0 Å². The van der Waals surface area contributed by atoms with Crippen LogP contribution in [0.2, 0.25) is 0 Å². The molecule has 2 aliphatic rings. The third kappa shape index (κ3) is 1.73. The summed E-state index contributed by atoms with van der Waals surface area (Å²) in [4.78, 5) is 2.32. The number of anilines is 1. The van der Waals surface area contributed by atoms with Crippen molar-refractivity contribution >= 4 is 5.69 Å². The molecule has 0 radical (unpaired) electrons. The standard InChI is InChI=1S/C13H19N3O/c17-12-13(6-8-14-9-7-13)16(10-15-12)11-4-2-1-3-5-11/h1-5,12,14-15,17H,6-10H2. The second kappa shape index (κ2) is 4.29. The summed E-state index contributed by atoms with van der Waals surface area (Å²) in [7, 11) is 0. The van der Waals surface area contributed by atoms with Crippen LogP contribution >= 0.6 is 0 Å². The zero-order valence-corrected chi connectivity index (χ0v) is 9.89. The fourth-order valence-corrected chi connectivity index (χ4v) is 3.03. The first-order chi connectivity index (χ1) is 8.33. The van der Waals surface area contributed by atoms with E-state index < -0.39 is 6.23 Å². The number of hydrogen-bond donors (Lipinski definition) is 3. The zero-order chi connectivity index (χ0) is 11.7. The number of aliphatic hydroxyl groups excluding tert-OH is 1. The summed E-state index contributed by atoms with van der Waals surface area (Å²) in [5.74, 6) is 0. The van der Waals surface area contributed by atoms with Crippen molar-refractivity contribution in [1.29, 1.82) is 0 Å². The van der Waals surface area contributed by atoms with Gasteiger partial charge in [0.2, 0.25) is 0 Å². The maximum absolute atomic E-state index is 10.3. The number of nitrogens with zero attached hydrogens (tertiary/aromatic N) is 1. The Bertz CT molecular complexity index is 376. The summed E-state index contributed by atoms with van der Waals surface area (Å²) in [5, 5.41) is 16.8. The van der Waals surface area contributed by atoms with Gasteiger partial charge in [-0.2, -0.15) is 0 Å². The van der Waals surface area contributed by atoms with Gasteiger partial charge in [0, 0.05) is 5.69 Å². The van der Waals surface area contributed by atoms with E-state index in [1.165, 1.54) is 5.69 Å². The van der Waals surface area contributed by atoms with Crippen molar-refractivity contribution in [3.8, 4) is 0 Å². The largest absolute Gasteiger partial charge is 0.376 e. The Morgan fingerprint density at radius 2 is 1.88 bits per heavy atom. The lowest BCUT2D eigenvalue weighted by Gasteiger charge is -2.43. The van der Waals surface area contributed by atoms with Crippen molar-refractivity contribution in [1.82, 2.24) is 10.6 Å². The number of aliphatic hydroxyl groups is 1. The maximum atomic E-state index is 10.3. The smallest absolute Gasteiger partial charge is 0.129 e. The van der Waals surface area contributed by atoms with Crippen LogP contribution in [0.5, 0.6) is 0 Å². The maximum Gasteiger partial charge on any atom is 0.129 e. The third-order valence-corrected chi connectivity index (χ3v) is 4.03. The summed E-state index contributed by atoms with van der Waals surface area (Å²) in [5.41, 5.74) is 1.06. The van der Waals surface area contributed by atoms with Crippen LogP contribution < -0.4 is 15.5 Å². The quantitative estimate of drug-likeness (QED) is 0.661. The van der Waals surface area contributed by atoms with Crippen LogP contribution in [0.1, 0.15) is 12.8 Å². The molecule has 0 aromatic heterocycles. The molecule has 4 nitrogen and oxygen atoms in total. The van der Waals surface area contributed by atoms with E-state index in [1.807, 2.05) is 6.07 Å². The van der Waals surface area contributed by atoms with E-state index in [4.69, 9.17) is 0 Å². The van der Waals surface area contributed by atoms with Gasteiger partial charge < -0.3 is 15.3 Å². The molecule has 1 aromatic rings. The SMILES string of the molecule is OC1NCN(c2ccccc2)C12CCNCC2. The van der Waals surface area contributed by atoms with Crippen molar-refractivity contribution in [3.05, 3.63) is 30.3 Å². The van der Waals surface area contributed by atoms with Crippen LogP contribution in [0.25, 0.3) is 0 Å². The second-order valence-corrected chi connectivity index (χ2v) is 4.88. The number of hydrogen-bond acceptors (Lipinski definition) is 4. The molecule has 3 rings (SSSR count). The molecule has 2 aliphatic heterocycles. The summed E-state index contributed by atoms with van der Waals surface area (Å²) < 4.78 is 0. The summed E-state index contributed by atoms with van der Waals surface area (Å²) in [6.45, 7) is 2.68. The lowest BCUT2D eigenvalue weighted by molar-refractivity contribution is 0.0709. The lowest BCUT2D eigenvalue weighted by Crippen LogP contribution is -2.57. The molecular formula is C13H19N3O.